The molecule has 2 amide bonds. The van der Waals surface area contributed by atoms with Crippen molar-refractivity contribution in [2.24, 2.45) is 0 Å². The van der Waals surface area contributed by atoms with Gasteiger partial charge in [-0.3, -0.25) is 19.8 Å². The van der Waals surface area contributed by atoms with Crippen LogP contribution in [0.1, 0.15) is 24.4 Å². The maximum Gasteiger partial charge on any atom is 0.314 e. The van der Waals surface area contributed by atoms with Crippen LogP contribution in [0.3, 0.4) is 0 Å². The number of carbonyl (C=O) groups excluding carboxylic acids is 2. The van der Waals surface area contributed by atoms with Crippen LogP contribution in [0.5, 0.6) is 0 Å². The highest BCUT2D eigenvalue weighted by molar-refractivity contribution is 7.07. The zero-order chi connectivity index (χ0) is 16.1. The van der Waals surface area contributed by atoms with Crippen LogP contribution in [0, 0.1) is 0 Å². The second-order valence-corrected chi connectivity index (χ2v) is 6.14. The fourth-order valence-corrected chi connectivity index (χ4v) is 3.40. The Morgan fingerprint density at radius 3 is 2.78 bits per heavy atom. The molecular formula is C15H18N4O3S. The first-order valence-corrected chi connectivity index (χ1v) is 8.44. The molecule has 2 N–H and O–H groups in total. The van der Waals surface area contributed by atoms with Gasteiger partial charge in [0.05, 0.1) is 6.04 Å². The van der Waals surface area contributed by atoms with Gasteiger partial charge in [0.2, 0.25) is 0 Å². The van der Waals surface area contributed by atoms with Crippen molar-refractivity contribution in [3.63, 3.8) is 0 Å². The van der Waals surface area contributed by atoms with Gasteiger partial charge in [-0.05, 0) is 48.3 Å². The van der Waals surface area contributed by atoms with Gasteiger partial charge in [0.25, 0.3) is 0 Å². The minimum Gasteiger partial charge on any atom is -0.363 e. The molecule has 0 saturated carbocycles. The average molecular weight is 334 g/mol. The summed E-state index contributed by atoms with van der Waals surface area (Å²) in [6.45, 7) is 2.44. The summed E-state index contributed by atoms with van der Waals surface area (Å²) in [6.07, 6.45) is 3.66. The molecule has 1 atom stereocenters. The molecule has 0 bridgehead atoms. The van der Waals surface area contributed by atoms with E-state index in [9.17, 15) is 9.59 Å². The summed E-state index contributed by atoms with van der Waals surface area (Å²) in [7, 11) is 0. The molecule has 0 radical (unpaired) electrons. The third-order valence-electron chi connectivity index (χ3n) is 3.85. The summed E-state index contributed by atoms with van der Waals surface area (Å²) in [4.78, 5) is 26.1. The molecule has 3 rings (SSSR count). The van der Waals surface area contributed by atoms with Crippen molar-refractivity contribution in [1.82, 2.24) is 15.4 Å². The Kier molecular flexibility index (Phi) is 5.04. The highest BCUT2D eigenvalue weighted by Gasteiger charge is 2.25. The molecule has 1 aliphatic heterocycles. The van der Waals surface area contributed by atoms with Crippen molar-refractivity contribution in [1.29, 1.82) is 0 Å². The first-order valence-electron chi connectivity index (χ1n) is 7.50. The quantitative estimate of drug-likeness (QED) is 0.812. The number of rotatable bonds is 5. The molecule has 7 nitrogen and oxygen atoms in total. The highest BCUT2D eigenvalue weighted by atomic mass is 32.1. The van der Waals surface area contributed by atoms with E-state index in [0.29, 0.717) is 6.54 Å². The van der Waals surface area contributed by atoms with Crippen molar-refractivity contribution in [3.8, 4) is 0 Å². The third kappa shape index (κ3) is 3.96. The van der Waals surface area contributed by atoms with Crippen molar-refractivity contribution in [2.45, 2.75) is 18.9 Å². The number of anilines is 1. The van der Waals surface area contributed by atoms with Crippen LogP contribution in [0.25, 0.3) is 0 Å². The number of amides is 2. The second-order valence-electron chi connectivity index (χ2n) is 5.36. The summed E-state index contributed by atoms with van der Waals surface area (Å²) in [5.41, 5.74) is 1.18. The lowest BCUT2D eigenvalue weighted by Gasteiger charge is -2.27. The van der Waals surface area contributed by atoms with Gasteiger partial charge in [0.1, 0.15) is 6.26 Å². The fraction of sp³-hybridized carbons (Fsp3) is 0.400. The normalized spacial score (nSPS) is 16.2. The third-order valence-corrected chi connectivity index (χ3v) is 4.55. The van der Waals surface area contributed by atoms with Crippen LogP contribution < -0.4 is 10.6 Å². The highest BCUT2D eigenvalue weighted by Crippen LogP contribution is 2.26. The van der Waals surface area contributed by atoms with Gasteiger partial charge in [-0.2, -0.15) is 11.3 Å². The van der Waals surface area contributed by atoms with E-state index >= 15 is 0 Å². The van der Waals surface area contributed by atoms with Crippen molar-refractivity contribution in [3.05, 3.63) is 34.7 Å². The van der Waals surface area contributed by atoms with Gasteiger partial charge < -0.3 is 9.84 Å². The standard InChI is InChI=1S/C15H18N4O3S/c20-14(15(21)17-13-3-7-22-18-13)16-9-12(11-4-8-23-10-11)19-5-1-2-6-19/h3-4,7-8,10,12H,1-2,5-6,9H2,(H,16,20)(H,17,18,21)/t12-/m0/s1. The van der Waals surface area contributed by atoms with Crippen molar-refractivity contribution < 1.29 is 14.1 Å². The Morgan fingerprint density at radius 2 is 2.13 bits per heavy atom. The van der Waals surface area contributed by atoms with Crippen LogP contribution in [0.2, 0.25) is 0 Å². The molecule has 3 heterocycles. The Balaban J connectivity index is 1.57. The summed E-state index contributed by atoms with van der Waals surface area (Å²) in [6, 6.07) is 3.64. The molecule has 0 aromatic carbocycles. The van der Waals surface area contributed by atoms with E-state index in [0.717, 1.165) is 13.1 Å². The zero-order valence-corrected chi connectivity index (χ0v) is 13.3. The average Bonchev–Trinajstić information content (AvgIpc) is 3.31. The van der Waals surface area contributed by atoms with E-state index in [1.165, 1.54) is 30.7 Å². The number of thiophene rings is 1. The van der Waals surface area contributed by atoms with E-state index in [2.05, 4.69) is 36.7 Å². The maximum atomic E-state index is 12.0. The molecule has 8 heteroatoms. The van der Waals surface area contributed by atoms with Gasteiger partial charge in [-0.1, -0.05) is 5.16 Å². The van der Waals surface area contributed by atoms with Gasteiger partial charge in [0, 0.05) is 12.6 Å². The molecule has 1 aliphatic rings. The topological polar surface area (TPSA) is 87.5 Å². The lowest BCUT2D eigenvalue weighted by molar-refractivity contribution is -0.136. The summed E-state index contributed by atoms with van der Waals surface area (Å²) in [5.74, 6) is -1.20. The van der Waals surface area contributed by atoms with Gasteiger partial charge in [0.15, 0.2) is 5.82 Å². The van der Waals surface area contributed by atoms with Crippen LogP contribution in [-0.2, 0) is 9.59 Å². The predicted molar refractivity (Wildman–Crippen MR) is 86.0 cm³/mol. The van der Waals surface area contributed by atoms with Gasteiger partial charge >= 0.3 is 11.8 Å². The summed E-state index contributed by atoms with van der Waals surface area (Å²) in [5, 5.41) is 12.8. The smallest absolute Gasteiger partial charge is 0.314 e. The summed E-state index contributed by atoms with van der Waals surface area (Å²) >= 11 is 1.63. The van der Waals surface area contributed by atoms with E-state index < -0.39 is 11.8 Å². The van der Waals surface area contributed by atoms with E-state index in [-0.39, 0.29) is 11.9 Å². The monoisotopic (exact) mass is 334 g/mol. The Labute approximate surface area is 137 Å². The molecule has 0 spiro atoms. The number of carbonyl (C=O) groups is 2. The van der Waals surface area contributed by atoms with Crippen LogP contribution in [-0.4, -0.2) is 41.5 Å². The molecule has 1 fully saturated rings. The van der Waals surface area contributed by atoms with E-state index in [1.54, 1.807) is 11.3 Å². The molecule has 2 aromatic heterocycles. The number of nitrogens with one attached hydrogen (secondary N) is 2. The molecule has 122 valence electrons. The van der Waals surface area contributed by atoms with E-state index in [1.807, 2.05) is 5.38 Å². The number of hydrogen-bond acceptors (Lipinski definition) is 6. The largest absolute Gasteiger partial charge is 0.363 e. The molecular weight excluding hydrogens is 316 g/mol. The minimum atomic E-state index is -0.746. The maximum absolute atomic E-state index is 12.0. The number of hydrogen-bond donors (Lipinski definition) is 2. The Bertz CT molecular complexity index is 636. The lowest BCUT2D eigenvalue weighted by atomic mass is 10.1. The first-order chi connectivity index (χ1) is 11.2. The Morgan fingerprint density at radius 1 is 1.30 bits per heavy atom. The number of aromatic nitrogens is 1. The minimum absolute atomic E-state index is 0.104. The molecule has 0 unspecified atom stereocenters. The molecule has 0 aliphatic carbocycles. The Hall–Kier alpha value is -2.19. The van der Waals surface area contributed by atoms with E-state index in [4.69, 9.17) is 0 Å². The predicted octanol–water partition coefficient (Wildman–Crippen LogP) is 1.63. The first kappa shape index (κ1) is 15.7. The van der Waals surface area contributed by atoms with Crippen LogP contribution >= 0.6 is 11.3 Å². The fourth-order valence-electron chi connectivity index (χ4n) is 2.70. The number of likely N-dealkylation sites (tertiary alicyclic amines) is 1. The molecule has 2 aromatic rings. The SMILES string of the molecule is O=C(NC[C@@H](c1ccsc1)N1CCCC1)C(=O)Nc1ccon1. The van der Waals surface area contributed by atoms with Crippen molar-refractivity contribution >= 4 is 29.0 Å². The van der Waals surface area contributed by atoms with Crippen LogP contribution in [0.4, 0.5) is 5.82 Å². The number of nitrogens with zero attached hydrogens (tertiary/aromatic N) is 2. The lowest BCUT2D eigenvalue weighted by Crippen LogP contribution is -2.41. The second kappa shape index (κ2) is 7.38. The summed E-state index contributed by atoms with van der Waals surface area (Å²) < 4.78 is 4.61. The van der Waals surface area contributed by atoms with Gasteiger partial charge in [-0.25, -0.2) is 0 Å². The molecule has 23 heavy (non-hydrogen) atoms. The van der Waals surface area contributed by atoms with Crippen LogP contribution in [0.15, 0.2) is 33.7 Å². The zero-order valence-electron chi connectivity index (χ0n) is 12.5. The molecule has 1 saturated heterocycles. The van der Waals surface area contributed by atoms with Gasteiger partial charge in [-0.15, -0.1) is 0 Å². The van der Waals surface area contributed by atoms with Crippen molar-refractivity contribution in [2.75, 3.05) is 25.0 Å².